The van der Waals surface area contributed by atoms with Crippen LogP contribution in [0.3, 0.4) is 0 Å². The minimum Gasteiger partial charge on any atom is -0.462 e. The van der Waals surface area contributed by atoms with Crippen LogP contribution in [0.5, 0.6) is 0 Å². The monoisotopic (exact) mass is 256 g/mol. The molecule has 0 saturated carbocycles. The molecule has 0 fully saturated rings. The summed E-state index contributed by atoms with van der Waals surface area (Å²) >= 11 is 0. The zero-order chi connectivity index (χ0) is 13.7. The van der Waals surface area contributed by atoms with Gasteiger partial charge in [-0.25, -0.2) is 4.79 Å². The molecule has 4 heteroatoms. The summed E-state index contributed by atoms with van der Waals surface area (Å²) in [6.07, 6.45) is 0. The molecule has 2 aromatic rings. The quantitative estimate of drug-likeness (QED) is 0.651. The summed E-state index contributed by atoms with van der Waals surface area (Å²) in [5, 5.41) is 3.15. The van der Waals surface area contributed by atoms with Gasteiger partial charge >= 0.3 is 5.97 Å². The molecule has 0 radical (unpaired) electrons. The van der Waals surface area contributed by atoms with E-state index in [4.69, 9.17) is 10.5 Å². The maximum atomic E-state index is 11.9. The molecule has 2 aromatic carbocycles. The number of carbonyl (C=O) groups excluding carboxylic acids is 1. The predicted molar refractivity (Wildman–Crippen MR) is 76.5 cm³/mol. The average Bonchev–Trinajstić information content (AvgIpc) is 2.42. The van der Waals surface area contributed by atoms with E-state index in [-0.39, 0.29) is 5.97 Å². The Labute approximate surface area is 112 Å². The normalized spacial score (nSPS) is 9.95. The van der Waals surface area contributed by atoms with Crippen LogP contribution in [0, 0.1) is 0 Å². The molecule has 2 rings (SSSR count). The lowest BCUT2D eigenvalue weighted by molar-refractivity contribution is 0.0527. The van der Waals surface area contributed by atoms with Crippen molar-refractivity contribution >= 4 is 23.0 Å². The van der Waals surface area contributed by atoms with E-state index in [1.807, 2.05) is 30.3 Å². The second kappa shape index (κ2) is 5.91. The van der Waals surface area contributed by atoms with Crippen molar-refractivity contribution in [3.05, 3.63) is 54.1 Å². The molecule has 0 aromatic heterocycles. The highest BCUT2D eigenvalue weighted by atomic mass is 16.5. The first-order valence-corrected chi connectivity index (χ1v) is 6.10. The van der Waals surface area contributed by atoms with Crippen molar-refractivity contribution in [3.63, 3.8) is 0 Å². The number of carbonyl (C=O) groups is 1. The van der Waals surface area contributed by atoms with Gasteiger partial charge in [0.1, 0.15) is 0 Å². The second-order valence-corrected chi connectivity index (χ2v) is 3.98. The Bertz CT molecular complexity index is 568. The SMILES string of the molecule is CCOC(=O)c1cccc(N)c1Nc1ccccc1. The van der Waals surface area contributed by atoms with Gasteiger partial charge in [0.2, 0.25) is 0 Å². The van der Waals surface area contributed by atoms with E-state index in [2.05, 4.69) is 5.32 Å². The van der Waals surface area contributed by atoms with Crippen LogP contribution < -0.4 is 11.1 Å². The van der Waals surface area contributed by atoms with Gasteiger partial charge in [-0.2, -0.15) is 0 Å². The first kappa shape index (κ1) is 13.0. The molecule has 0 bridgehead atoms. The van der Waals surface area contributed by atoms with Gasteiger partial charge in [0.05, 0.1) is 23.5 Å². The van der Waals surface area contributed by atoms with Gasteiger partial charge < -0.3 is 15.8 Å². The van der Waals surface area contributed by atoms with Crippen molar-refractivity contribution in [3.8, 4) is 0 Å². The first-order valence-electron chi connectivity index (χ1n) is 6.10. The lowest BCUT2D eigenvalue weighted by Crippen LogP contribution is -2.09. The molecular formula is C15H16N2O2. The summed E-state index contributed by atoms with van der Waals surface area (Å²) in [5.74, 6) is -0.381. The summed E-state index contributed by atoms with van der Waals surface area (Å²) in [4.78, 5) is 11.9. The van der Waals surface area contributed by atoms with Crippen molar-refractivity contribution in [1.29, 1.82) is 0 Å². The number of hydrogen-bond acceptors (Lipinski definition) is 4. The van der Waals surface area contributed by atoms with Gasteiger partial charge in [-0.1, -0.05) is 24.3 Å². The third-order valence-electron chi connectivity index (χ3n) is 2.64. The van der Waals surface area contributed by atoms with Crippen molar-refractivity contribution in [2.24, 2.45) is 0 Å². The molecule has 19 heavy (non-hydrogen) atoms. The Hall–Kier alpha value is -2.49. The number of rotatable bonds is 4. The highest BCUT2D eigenvalue weighted by Gasteiger charge is 2.14. The van der Waals surface area contributed by atoms with Crippen molar-refractivity contribution in [2.45, 2.75) is 6.92 Å². The highest BCUT2D eigenvalue weighted by molar-refractivity contribution is 5.99. The fraction of sp³-hybridized carbons (Fsp3) is 0.133. The number of nitrogens with one attached hydrogen (secondary N) is 1. The van der Waals surface area contributed by atoms with Gasteiger partial charge in [-0.15, -0.1) is 0 Å². The zero-order valence-electron chi connectivity index (χ0n) is 10.7. The molecule has 0 spiro atoms. The molecule has 0 aliphatic carbocycles. The fourth-order valence-corrected chi connectivity index (χ4v) is 1.75. The third-order valence-corrected chi connectivity index (χ3v) is 2.64. The van der Waals surface area contributed by atoms with Crippen molar-refractivity contribution < 1.29 is 9.53 Å². The molecule has 0 heterocycles. The maximum Gasteiger partial charge on any atom is 0.340 e. The van der Waals surface area contributed by atoms with Gasteiger partial charge in [0.15, 0.2) is 0 Å². The van der Waals surface area contributed by atoms with Gasteiger partial charge in [-0.3, -0.25) is 0 Å². The lowest BCUT2D eigenvalue weighted by Gasteiger charge is -2.13. The average molecular weight is 256 g/mol. The van der Waals surface area contributed by atoms with E-state index >= 15 is 0 Å². The molecule has 3 N–H and O–H groups in total. The summed E-state index contributed by atoms with van der Waals surface area (Å²) in [6, 6.07) is 14.7. The van der Waals surface area contributed by atoms with Gasteiger partial charge in [0.25, 0.3) is 0 Å². The Morgan fingerprint density at radius 3 is 2.58 bits per heavy atom. The van der Waals surface area contributed by atoms with Crippen molar-refractivity contribution in [2.75, 3.05) is 17.7 Å². The van der Waals surface area contributed by atoms with Crippen LogP contribution in [0.4, 0.5) is 17.1 Å². The van der Waals surface area contributed by atoms with Crippen LogP contribution in [-0.2, 0) is 4.74 Å². The second-order valence-electron chi connectivity index (χ2n) is 3.98. The van der Waals surface area contributed by atoms with E-state index in [1.165, 1.54) is 0 Å². The number of nitrogens with two attached hydrogens (primary N) is 1. The third kappa shape index (κ3) is 3.04. The minimum atomic E-state index is -0.381. The van der Waals surface area contributed by atoms with Crippen LogP contribution in [0.15, 0.2) is 48.5 Å². The molecule has 98 valence electrons. The van der Waals surface area contributed by atoms with Crippen LogP contribution in [0.1, 0.15) is 17.3 Å². The van der Waals surface area contributed by atoms with E-state index in [0.29, 0.717) is 23.5 Å². The van der Waals surface area contributed by atoms with E-state index in [1.54, 1.807) is 25.1 Å². The Balaban J connectivity index is 2.36. The minimum absolute atomic E-state index is 0.332. The summed E-state index contributed by atoms with van der Waals surface area (Å²) in [7, 11) is 0. The fourth-order valence-electron chi connectivity index (χ4n) is 1.75. The number of ether oxygens (including phenoxy) is 1. The smallest absolute Gasteiger partial charge is 0.340 e. The van der Waals surface area contributed by atoms with E-state index in [0.717, 1.165) is 5.69 Å². The van der Waals surface area contributed by atoms with Crippen molar-refractivity contribution in [1.82, 2.24) is 0 Å². The number of nitrogen functional groups attached to an aromatic ring is 1. The van der Waals surface area contributed by atoms with E-state index < -0.39 is 0 Å². The molecule has 0 aliphatic heterocycles. The number of esters is 1. The first-order chi connectivity index (χ1) is 9.22. The Kier molecular flexibility index (Phi) is 4.03. The van der Waals surface area contributed by atoms with Crippen LogP contribution >= 0.6 is 0 Å². The molecular weight excluding hydrogens is 240 g/mol. The maximum absolute atomic E-state index is 11.9. The number of para-hydroxylation sites is 2. The Morgan fingerprint density at radius 1 is 1.16 bits per heavy atom. The molecule has 0 unspecified atom stereocenters. The molecule has 0 amide bonds. The summed E-state index contributed by atoms with van der Waals surface area (Å²) < 4.78 is 5.03. The molecule has 0 aliphatic rings. The standard InChI is InChI=1S/C15H16N2O2/c1-2-19-15(18)12-9-6-10-13(16)14(12)17-11-7-4-3-5-8-11/h3-10,17H,2,16H2,1H3. The van der Waals surface area contributed by atoms with Crippen LogP contribution in [-0.4, -0.2) is 12.6 Å². The van der Waals surface area contributed by atoms with Gasteiger partial charge in [-0.05, 0) is 31.2 Å². The molecule has 0 saturated heterocycles. The van der Waals surface area contributed by atoms with E-state index in [9.17, 15) is 4.79 Å². The highest BCUT2D eigenvalue weighted by Crippen LogP contribution is 2.27. The van der Waals surface area contributed by atoms with Crippen LogP contribution in [0.2, 0.25) is 0 Å². The van der Waals surface area contributed by atoms with Gasteiger partial charge in [0, 0.05) is 5.69 Å². The largest absolute Gasteiger partial charge is 0.462 e. The molecule has 0 atom stereocenters. The number of benzene rings is 2. The zero-order valence-corrected chi connectivity index (χ0v) is 10.7. The lowest BCUT2D eigenvalue weighted by atomic mass is 10.1. The summed E-state index contributed by atoms with van der Waals surface area (Å²) in [6.45, 7) is 2.10. The predicted octanol–water partition coefficient (Wildman–Crippen LogP) is 3.19. The topological polar surface area (TPSA) is 64.3 Å². The van der Waals surface area contributed by atoms with Crippen LogP contribution in [0.25, 0.3) is 0 Å². The number of anilines is 3. The number of hydrogen-bond donors (Lipinski definition) is 2. The summed E-state index contributed by atoms with van der Waals surface area (Å²) in [5.41, 5.74) is 8.32. The molecule has 4 nitrogen and oxygen atoms in total. The Morgan fingerprint density at radius 2 is 1.89 bits per heavy atom.